The summed E-state index contributed by atoms with van der Waals surface area (Å²) in [6.45, 7) is 0.267. The molecule has 160 valence electrons. The predicted octanol–water partition coefficient (Wildman–Crippen LogP) is 6.66. The Hall–Kier alpha value is -3.45. The molecule has 0 saturated carbocycles. The van der Waals surface area contributed by atoms with Crippen molar-refractivity contribution in [2.45, 2.75) is 12.6 Å². The van der Waals surface area contributed by atoms with Crippen LogP contribution in [0.25, 0.3) is 5.69 Å². The van der Waals surface area contributed by atoms with Crippen LogP contribution in [0.15, 0.2) is 89.5 Å². The molecule has 4 aromatic rings. The second kappa shape index (κ2) is 8.24. The first-order chi connectivity index (χ1) is 15.5. The number of urea groups is 1. The topological polar surface area (TPSA) is 37.3 Å². The molecule has 0 bridgehead atoms. The highest BCUT2D eigenvalue weighted by Gasteiger charge is 2.33. The van der Waals surface area contributed by atoms with Gasteiger partial charge in [-0.1, -0.05) is 34.1 Å². The number of halogens is 3. The first-order valence-corrected chi connectivity index (χ1v) is 10.8. The van der Waals surface area contributed by atoms with Crippen molar-refractivity contribution in [3.8, 4) is 5.69 Å². The van der Waals surface area contributed by atoms with Gasteiger partial charge in [-0.15, -0.1) is 0 Å². The molecule has 1 N–H and O–H groups in total. The fourth-order valence-electron chi connectivity index (χ4n) is 4.15. The Morgan fingerprint density at radius 2 is 1.66 bits per heavy atom. The van der Waals surface area contributed by atoms with Gasteiger partial charge in [0.05, 0.1) is 18.3 Å². The molecular formula is C25H18BrF2N3O. The lowest BCUT2D eigenvalue weighted by Crippen LogP contribution is -2.38. The van der Waals surface area contributed by atoms with E-state index in [4.69, 9.17) is 0 Å². The van der Waals surface area contributed by atoms with E-state index in [0.29, 0.717) is 11.3 Å². The van der Waals surface area contributed by atoms with Crippen LogP contribution in [-0.2, 0) is 6.54 Å². The number of carbonyl (C=O) groups is 1. The van der Waals surface area contributed by atoms with Gasteiger partial charge in [-0.3, -0.25) is 0 Å². The number of anilines is 1. The number of fused-ring (bicyclic) bond motifs is 3. The van der Waals surface area contributed by atoms with Crippen molar-refractivity contribution < 1.29 is 13.6 Å². The molecule has 0 spiro atoms. The highest BCUT2D eigenvalue weighted by molar-refractivity contribution is 9.10. The number of nitrogens with one attached hydrogen (secondary N) is 1. The van der Waals surface area contributed by atoms with Crippen LogP contribution < -0.4 is 5.32 Å². The van der Waals surface area contributed by atoms with Crippen molar-refractivity contribution in [3.63, 3.8) is 0 Å². The third kappa shape index (κ3) is 3.80. The van der Waals surface area contributed by atoms with E-state index in [1.807, 2.05) is 59.3 Å². The molecule has 1 unspecified atom stereocenters. The maximum Gasteiger partial charge on any atom is 0.322 e. The summed E-state index contributed by atoms with van der Waals surface area (Å²) in [7, 11) is 0. The van der Waals surface area contributed by atoms with Gasteiger partial charge in [-0.25, -0.2) is 13.6 Å². The highest BCUT2D eigenvalue weighted by atomic mass is 79.9. The first-order valence-electron chi connectivity index (χ1n) is 10.0. The molecule has 2 amide bonds. The van der Waals surface area contributed by atoms with E-state index in [1.54, 1.807) is 17.0 Å². The van der Waals surface area contributed by atoms with Gasteiger partial charge in [0.25, 0.3) is 0 Å². The minimum Gasteiger partial charge on any atom is -0.318 e. The van der Waals surface area contributed by atoms with Crippen molar-refractivity contribution in [1.29, 1.82) is 0 Å². The Bertz CT molecular complexity index is 1280. The zero-order chi connectivity index (χ0) is 22.2. The molecule has 5 rings (SSSR count). The van der Waals surface area contributed by atoms with Gasteiger partial charge in [-0.2, -0.15) is 0 Å². The van der Waals surface area contributed by atoms with E-state index < -0.39 is 17.7 Å². The Kier molecular flexibility index (Phi) is 5.27. The number of aromatic nitrogens is 1. The van der Waals surface area contributed by atoms with Crippen LogP contribution in [-0.4, -0.2) is 15.5 Å². The zero-order valence-corrected chi connectivity index (χ0v) is 18.4. The van der Waals surface area contributed by atoms with Crippen molar-refractivity contribution in [1.82, 2.24) is 9.47 Å². The molecule has 3 aromatic carbocycles. The lowest BCUT2D eigenvalue weighted by molar-refractivity contribution is 0.194. The molecule has 1 atom stereocenters. The van der Waals surface area contributed by atoms with E-state index in [9.17, 15) is 13.6 Å². The lowest BCUT2D eigenvalue weighted by atomic mass is 10.0. The van der Waals surface area contributed by atoms with E-state index in [0.717, 1.165) is 27.5 Å². The van der Waals surface area contributed by atoms with Crippen LogP contribution in [0.2, 0.25) is 0 Å². The molecular weight excluding hydrogens is 476 g/mol. The standard InChI is InChI=1S/C25H18BrF2N3O/c26-18-7-9-21(10-8-18)29-25(32)31-15-16-4-1-2-5-22(16)30-11-3-6-23(30)24(31)17-12-19(27)14-20(28)13-17/h1-14,24H,15H2,(H,29,32). The Morgan fingerprint density at radius 1 is 0.938 bits per heavy atom. The van der Waals surface area contributed by atoms with Crippen molar-refractivity contribution in [2.75, 3.05) is 5.32 Å². The van der Waals surface area contributed by atoms with Gasteiger partial charge >= 0.3 is 6.03 Å². The Labute approximate surface area is 192 Å². The summed E-state index contributed by atoms with van der Waals surface area (Å²) in [4.78, 5) is 15.1. The number of carbonyl (C=O) groups excluding carboxylic acids is 1. The van der Waals surface area contributed by atoms with Crippen LogP contribution in [0, 0.1) is 11.6 Å². The molecule has 1 aliphatic rings. The molecule has 0 radical (unpaired) electrons. The SMILES string of the molecule is O=C(Nc1ccc(Br)cc1)N1Cc2ccccc2-n2cccc2C1c1cc(F)cc(F)c1. The lowest BCUT2D eigenvalue weighted by Gasteiger charge is -2.31. The molecule has 4 nitrogen and oxygen atoms in total. The predicted molar refractivity (Wildman–Crippen MR) is 123 cm³/mol. The van der Waals surface area contributed by atoms with Gasteiger partial charge in [0, 0.05) is 28.1 Å². The van der Waals surface area contributed by atoms with Gasteiger partial charge < -0.3 is 14.8 Å². The van der Waals surface area contributed by atoms with Crippen LogP contribution >= 0.6 is 15.9 Å². The third-order valence-corrected chi connectivity index (χ3v) is 6.05. The van der Waals surface area contributed by atoms with Crippen molar-refractivity contribution in [2.24, 2.45) is 0 Å². The fourth-order valence-corrected chi connectivity index (χ4v) is 4.42. The molecule has 1 aliphatic heterocycles. The summed E-state index contributed by atoms with van der Waals surface area (Å²) in [6.07, 6.45) is 1.90. The number of nitrogens with zero attached hydrogens (tertiary/aromatic N) is 2. The highest BCUT2D eigenvalue weighted by Crippen LogP contribution is 2.37. The smallest absolute Gasteiger partial charge is 0.318 e. The van der Waals surface area contributed by atoms with Crippen LogP contribution in [0.4, 0.5) is 19.3 Å². The zero-order valence-electron chi connectivity index (χ0n) is 16.8. The normalized spacial score (nSPS) is 15.0. The number of amides is 2. The molecule has 0 fully saturated rings. The largest absolute Gasteiger partial charge is 0.322 e. The van der Waals surface area contributed by atoms with Gasteiger partial charge in [0.2, 0.25) is 0 Å². The van der Waals surface area contributed by atoms with Crippen molar-refractivity contribution >= 4 is 27.6 Å². The van der Waals surface area contributed by atoms with Crippen LogP contribution in [0.1, 0.15) is 22.9 Å². The number of para-hydroxylation sites is 1. The number of rotatable bonds is 2. The van der Waals surface area contributed by atoms with Crippen LogP contribution in [0.3, 0.4) is 0 Å². The molecule has 7 heteroatoms. The number of hydrogen-bond donors (Lipinski definition) is 1. The summed E-state index contributed by atoms with van der Waals surface area (Å²) >= 11 is 3.39. The Morgan fingerprint density at radius 3 is 2.41 bits per heavy atom. The minimum atomic E-state index is -0.696. The first kappa shape index (κ1) is 20.5. The van der Waals surface area contributed by atoms with E-state index in [-0.39, 0.29) is 12.6 Å². The average molecular weight is 494 g/mol. The maximum atomic E-state index is 14.2. The summed E-state index contributed by atoms with van der Waals surface area (Å²) < 4.78 is 31.2. The van der Waals surface area contributed by atoms with Gasteiger partial charge in [0.15, 0.2) is 0 Å². The molecule has 2 heterocycles. The van der Waals surface area contributed by atoms with Gasteiger partial charge in [-0.05, 0) is 65.7 Å². The monoisotopic (exact) mass is 493 g/mol. The molecule has 0 aliphatic carbocycles. The average Bonchev–Trinajstić information content (AvgIpc) is 3.18. The van der Waals surface area contributed by atoms with E-state index >= 15 is 0 Å². The maximum absolute atomic E-state index is 14.2. The third-order valence-electron chi connectivity index (χ3n) is 5.52. The Balaban J connectivity index is 1.65. The number of benzene rings is 3. The summed E-state index contributed by atoms with van der Waals surface area (Å²) in [5.74, 6) is -1.37. The van der Waals surface area contributed by atoms with E-state index in [2.05, 4.69) is 21.2 Å². The second-order valence-electron chi connectivity index (χ2n) is 7.60. The molecule has 32 heavy (non-hydrogen) atoms. The molecule has 1 aromatic heterocycles. The summed E-state index contributed by atoms with van der Waals surface area (Å²) in [5.41, 5.74) is 3.58. The minimum absolute atomic E-state index is 0.267. The van der Waals surface area contributed by atoms with Crippen molar-refractivity contribution in [3.05, 3.63) is 118 Å². The quantitative estimate of drug-likeness (QED) is 0.333. The summed E-state index contributed by atoms with van der Waals surface area (Å²) in [6, 6.07) is 21.1. The number of hydrogen-bond acceptors (Lipinski definition) is 1. The van der Waals surface area contributed by atoms with Gasteiger partial charge in [0.1, 0.15) is 11.6 Å². The fraction of sp³-hybridized carbons (Fsp3) is 0.0800. The molecule has 0 saturated heterocycles. The van der Waals surface area contributed by atoms with E-state index in [1.165, 1.54) is 12.1 Å². The summed E-state index contributed by atoms with van der Waals surface area (Å²) in [5, 5.41) is 2.92. The van der Waals surface area contributed by atoms with Crippen LogP contribution in [0.5, 0.6) is 0 Å². The second-order valence-corrected chi connectivity index (χ2v) is 8.52.